The van der Waals surface area contributed by atoms with Crippen LogP contribution in [0.1, 0.15) is 34.9 Å². The van der Waals surface area contributed by atoms with Gasteiger partial charge in [-0.25, -0.2) is 0 Å². The molecule has 0 bridgehead atoms. The third-order valence-corrected chi connectivity index (χ3v) is 4.09. The third-order valence-electron chi connectivity index (χ3n) is 2.98. The number of rotatable bonds is 4. The van der Waals surface area contributed by atoms with E-state index in [-0.39, 0.29) is 12.4 Å². The summed E-state index contributed by atoms with van der Waals surface area (Å²) in [5.74, 6) is 0.755. The zero-order valence-corrected chi connectivity index (χ0v) is 12.8. The number of hydrogen-bond donors (Lipinski definition) is 0. The predicted octanol–water partition coefficient (Wildman–Crippen LogP) is 1.81. The Morgan fingerprint density at radius 2 is 2.15 bits per heavy atom. The van der Waals surface area contributed by atoms with Gasteiger partial charge in [-0.1, -0.05) is 0 Å². The van der Waals surface area contributed by atoms with Gasteiger partial charge in [-0.2, -0.15) is 8.42 Å². The molecule has 2 rings (SSSR count). The second kappa shape index (κ2) is 5.48. The van der Waals surface area contributed by atoms with Crippen molar-refractivity contribution in [1.29, 1.82) is 0 Å². The number of aryl methyl sites for hydroxylation is 1. The van der Waals surface area contributed by atoms with Crippen molar-refractivity contribution in [3.63, 3.8) is 0 Å². The largest absolute Gasteiger partial charge is 0.463 e. The third kappa shape index (κ3) is 3.22. The summed E-state index contributed by atoms with van der Waals surface area (Å²) in [6, 6.07) is 1.57. The van der Waals surface area contributed by atoms with Crippen LogP contribution in [-0.2, 0) is 19.0 Å². The van der Waals surface area contributed by atoms with Gasteiger partial charge in [0.15, 0.2) is 5.78 Å². The lowest BCUT2D eigenvalue weighted by atomic mass is 10.1. The van der Waals surface area contributed by atoms with E-state index in [1.807, 2.05) is 0 Å². The van der Waals surface area contributed by atoms with Gasteiger partial charge in [-0.05, 0) is 19.9 Å². The van der Waals surface area contributed by atoms with Crippen molar-refractivity contribution in [2.24, 2.45) is 0 Å². The highest BCUT2D eigenvalue weighted by atomic mass is 35.5. The quantitative estimate of drug-likeness (QED) is 0.477. The van der Waals surface area contributed by atoms with E-state index < -0.39 is 27.7 Å². The Morgan fingerprint density at radius 1 is 1.50 bits per heavy atom. The zero-order valence-electron chi connectivity index (χ0n) is 11.3. The maximum absolute atomic E-state index is 11.4. The Labute approximate surface area is 122 Å². The van der Waals surface area contributed by atoms with E-state index in [9.17, 15) is 13.2 Å². The molecule has 1 aliphatic rings. The first-order chi connectivity index (χ1) is 9.19. The monoisotopic (exact) mass is 322 g/mol. The standard InChI is InChI=1S/C12H15ClO6S/c1-6(14)8-4-9(18-7(8)2)12-11(13)10(5-17-12)19-20(3,15)16/h4,10-12H,5H2,1-3H3/t10-,11+,12-/m1/s1. The number of hydrogen-bond acceptors (Lipinski definition) is 6. The molecule has 1 aromatic rings. The number of carbonyl (C=O) groups excluding carboxylic acids is 1. The summed E-state index contributed by atoms with van der Waals surface area (Å²) in [5, 5.41) is -0.713. The molecule has 1 fully saturated rings. The van der Waals surface area contributed by atoms with Crippen LogP contribution in [0.15, 0.2) is 10.5 Å². The number of ether oxygens (including phenoxy) is 1. The van der Waals surface area contributed by atoms with Gasteiger partial charge in [-0.3, -0.25) is 8.98 Å². The number of alkyl halides is 1. The lowest BCUT2D eigenvalue weighted by Gasteiger charge is -2.14. The molecule has 0 amide bonds. The van der Waals surface area contributed by atoms with Crippen LogP contribution >= 0.6 is 11.6 Å². The predicted molar refractivity (Wildman–Crippen MR) is 71.5 cm³/mol. The fourth-order valence-electron chi connectivity index (χ4n) is 2.12. The Bertz CT molecular complexity index is 620. The minimum Gasteiger partial charge on any atom is -0.463 e. The molecular formula is C12H15ClO6S. The normalized spacial score (nSPS) is 26.9. The van der Waals surface area contributed by atoms with Gasteiger partial charge in [0.25, 0.3) is 10.1 Å². The van der Waals surface area contributed by atoms with Crippen molar-refractivity contribution in [3.05, 3.63) is 23.2 Å². The SMILES string of the molecule is CC(=O)c1cc([C@H]2OC[C@@H](OS(C)(=O)=O)[C@@H]2Cl)oc1C. The fourth-order valence-corrected chi connectivity index (χ4v) is 3.12. The van der Waals surface area contributed by atoms with E-state index >= 15 is 0 Å². The molecule has 1 aliphatic heterocycles. The van der Waals surface area contributed by atoms with Crippen LogP contribution in [0.2, 0.25) is 0 Å². The molecule has 0 spiro atoms. The highest BCUT2D eigenvalue weighted by molar-refractivity contribution is 7.86. The molecule has 3 atom stereocenters. The summed E-state index contributed by atoms with van der Waals surface area (Å²) in [5.41, 5.74) is 0.458. The van der Waals surface area contributed by atoms with E-state index in [4.69, 9.17) is 24.9 Å². The molecule has 112 valence electrons. The molecule has 0 unspecified atom stereocenters. The van der Waals surface area contributed by atoms with E-state index in [2.05, 4.69) is 0 Å². The number of carbonyl (C=O) groups is 1. The summed E-state index contributed by atoms with van der Waals surface area (Å²) in [6.45, 7) is 3.15. The Hall–Kier alpha value is -0.890. The smallest absolute Gasteiger partial charge is 0.264 e. The average Bonchev–Trinajstić information content (AvgIpc) is 2.82. The number of Topliss-reactive ketones (excluding diaryl/α,β-unsaturated/α-hetero) is 1. The van der Waals surface area contributed by atoms with Crippen LogP contribution in [0.4, 0.5) is 0 Å². The number of halogens is 1. The van der Waals surface area contributed by atoms with E-state index in [0.717, 1.165) is 6.26 Å². The molecule has 2 heterocycles. The summed E-state index contributed by atoms with van der Waals surface area (Å²) < 4.78 is 38.0. The van der Waals surface area contributed by atoms with E-state index in [1.165, 1.54) is 6.92 Å². The van der Waals surface area contributed by atoms with Crippen LogP contribution in [-0.4, -0.2) is 38.5 Å². The number of ketones is 1. The average molecular weight is 323 g/mol. The van der Waals surface area contributed by atoms with Gasteiger partial charge < -0.3 is 9.15 Å². The molecule has 1 saturated heterocycles. The van der Waals surface area contributed by atoms with Gasteiger partial charge in [-0.15, -0.1) is 11.6 Å². The highest BCUT2D eigenvalue weighted by Crippen LogP contribution is 2.37. The van der Waals surface area contributed by atoms with Crippen molar-refractivity contribution in [2.75, 3.05) is 12.9 Å². The van der Waals surface area contributed by atoms with Crippen molar-refractivity contribution in [2.45, 2.75) is 31.4 Å². The molecule has 0 N–H and O–H groups in total. The lowest BCUT2D eigenvalue weighted by molar-refractivity contribution is 0.0821. The van der Waals surface area contributed by atoms with E-state index in [0.29, 0.717) is 17.1 Å². The van der Waals surface area contributed by atoms with Crippen molar-refractivity contribution < 1.29 is 26.5 Å². The van der Waals surface area contributed by atoms with Crippen LogP contribution in [0, 0.1) is 6.92 Å². The van der Waals surface area contributed by atoms with Crippen LogP contribution in [0.3, 0.4) is 0 Å². The van der Waals surface area contributed by atoms with Gasteiger partial charge in [0.1, 0.15) is 23.7 Å². The molecule has 8 heteroatoms. The molecule has 0 aliphatic carbocycles. The van der Waals surface area contributed by atoms with Gasteiger partial charge >= 0.3 is 0 Å². The van der Waals surface area contributed by atoms with Gasteiger partial charge in [0.2, 0.25) is 0 Å². The second-order valence-electron chi connectivity index (χ2n) is 4.71. The molecular weight excluding hydrogens is 308 g/mol. The molecule has 0 saturated carbocycles. The maximum atomic E-state index is 11.4. The van der Waals surface area contributed by atoms with Crippen molar-refractivity contribution in [1.82, 2.24) is 0 Å². The molecule has 0 aromatic carbocycles. The fraction of sp³-hybridized carbons (Fsp3) is 0.583. The molecule has 20 heavy (non-hydrogen) atoms. The lowest BCUT2D eigenvalue weighted by Crippen LogP contribution is -2.26. The molecule has 6 nitrogen and oxygen atoms in total. The first-order valence-electron chi connectivity index (χ1n) is 5.94. The van der Waals surface area contributed by atoms with Crippen molar-refractivity contribution in [3.8, 4) is 0 Å². The second-order valence-corrected chi connectivity index (χ2v) is 6.82. The highest BCUT2D eigenvalue weighted by Gasteiger charge is 2.41. The molecule has 1 aromatic heterocycles. The summed E-state index contributed by atoms with van der Waals surface area (Å²) in [6.07, 6.45) is -0.465. The van der Waals surface area contributed by atoms with Crippen LogP contribution < -0.4 is 0 Å². The first kappa shape index (κ1) is 15.5. The maximum Gasteiger partial charge on any atom is 0.264 e. The molecule has 0 radical (unpaired) electrons. The zero-order chi connectivity index (χ0) is 15.1. The first-order valence-corrected chi connectivity index (χ1v) is 8.19. The number of furan rings is 1. The topological polar surface area (TPSA) is 82.8 Å². The summed E-state index contributed by atoms with van der Waals surface area (Å²) >= 11 is 6.17. The Morgan fingerprint density at radius 3 is 2.65 bits per heavy atom. The van der Waals surface area contributed by atoms with E-state index in [1.54, 1.807) is 13.0 Å². The van der Waals surface area contributed by atoms with Crippen LogP contribution in [0.5, 0.6) is 0 Å². The minimum absolute atomic E-state index is 0.0427. The van der Waals surface area contributed by atoms with Gasteiger partial charge in [0, 0.05) is 0 Å². The minimum atomic E-state index is -3.61. The Kier molecular flexibility index (Phi) is 4.24. The Balaban J connectivity index is 2.19. The summed E-state index contributed by atoms with van der Waals surface area (Å²) in [7, 11) is -3.61. The summed E-state index contributed by atoms with van der Waals surface area (Å²) in [4.78, 5) is 11.4. The van der Waals surface area contributed by atoms with Gasteiger partial charge in [0.05, 0.1) is 23.8 Å². The van der Waals surface area contributed by atoms with Crippen LogP contribution in [0.25, 0.3) is 0 Å². The van der Waals surface area contributed by atoms with Crippen molar-refractivity contribution >= 4 is 27.5 Å².